The Labute approximate surface area is 94.6 Å². The third-order valence-corrected chi connectivity index (χ3v) is 2.00. The summed E-state index contributed by atoms with van der Waals surface area (Å²) < 4.78 is 0. The number of likely N-dealkylation sites (N-methyl/N-ethyl adjacent to an activating group) is 1. The second-order valence-corrected chi connectivity index (χ2v) is 3.43. The highest BCUT2D eigenvalue weighted by molar-refractivity contribution is 5.92. The average molecular weight is 230 g/mol. The van der Waals surface area contributed by atoms with Crippen molar-refractivity contribution in [3.8, 4) is 0 Å². The Bertz CT molecular complexity index is 278. The van der Waals surface area contributed by atoms with Crippen LogP contribution in [0, 0.1) is 0 Å². The van der Waals surface area contributed by atoms with Crippen molar-refractivity contribution in [2.45, 2.75) is 20.1 Å². The van der Waals surface area contributed by atoms with Gasteiger partial charge in [-0.15, -0.1) is 0 Å². The van der Waals surface area contributed by atoms with Gasteiger partial charge < -0.3 is 15.5 Å². The first-order valence-electron chi connectivity index (χ1n) is 4.96. The summed E-state index contributed by atoms with van der Waals surface area (Å²) >= 11 is 0. The third kappa shape index (κ3) is 5.47. The first-order valence-corrected chi connectivity index (χ1v) is 4.96. The quantitative estimate of drug-likeness (QED) is 0.401. The molecule has 6 nitrogen and oxygen atoms in total. The van der Waals surface area contributed by atoms with Crippen LogP contribution in [0.15, 0.2) is 12.2 Å². The molecule has 0 bridgehead atoms. The van der Waals surface area contributed by atoms with Crippen molar-refractivity contribution in [3.63, 3.8) is 0 Å². The highest BCUT2D eigenvalue weighted by Gasteiger charge is 2.17. The minimum Gasteiger partial charge on any atom is -0.480 e. The lowest BCUT2D eigenvalue weighted by Gasteiger charge is -2.24. The second-order valence-electron chi connectivity index (χ2n) is 3.43. The molecule has 16 heavy (non-hydrogen) atoms. The van der Waals surface area contributed by atoms with Gasteiger partial charge >= 0.3 is 5.97 Å². The number of carboxylic acid groups (broad SMARTS) is 1. The standard InChI is InChI=1S/C10H18N2O4/c1-4-12(6-9(14)15)8(13)5-11-10(16)7(2)3/h8,13H,2,4-6H2,1,3H3,(H,11,16)(H,14,15). The molecule has 1 amide bonds. The van der Waals surface area contributed by atoms with E-state index in [4.69, 9.17) is 5.11 Å². The number of rotatable bonds is 7. The lowest BCUT2D eigenvalue weighted by molar-refractivity contribution is -0.141. The number of amides is 1. The second kappa shape index (κ2) is 6.97. The minimum atomic E-state index is -1.02. The molecule has 0 aromatic heterocycles. The highest BCUT2D eigenvalue weighted by atomic mass is 16.4. The van der Waals surface area contributed by atoms with Crippen molar-refractivity contribution in [2.75, 3.05) is 19.6 Å². The van der Waals surface area contributed by atoms with Gasteiger partial charge in [0.25, 0.3) is 0 Å². The fraction of sp³-hybridized carbons (Fsp3) is 0.600. The van der Waals surface area contributed by atoms with Crippen molar-refractivity contribution < 1.29 is 19.8 Å². The van der Waals surface area contributed by atoms with Gasteiger partial charge in [0.2, 0.25) is 5.91 Å². The van der Waals surface area contributed by atoms with Crippen molar-refractivity contribution in [2.24, 2.45) is 0 Å². The number of aliphatic hydroxyl groups is 1. The summed E-state index contributed by atoms with van der Waals surface area (Å²) in [5.74, 6) is -1.38. The number of carbonyl (C=O) groups excluding carboxylic acids is 1. The summed E-state index contributed by atoms with van der Waals surface area (Å²) in [6.45, 7) is 6.83. The van der Waals surface area contributed by atoms with E-state index in [0.717, 1.165) is 0 Å². The van der Waals surface area contributed by atoms with Gasteiger partial charge in [-0.2, -0.15) is 0 Å². The van der Waals surface area contributed by atoms with E-state index < -0.39 is 12.2 Å². The van der Waals surface area contributed by atoms with Crippen LogP contribution >= 0.6 is 0 Å². The van der Waals surface area contributed by atoms with Gasteiger partial charge in [-0.05, 0) is 13.5 Å². The van der Waals surface area contributed by atoms with Crippen LogP contribution in [0.3, 0.4) is 0 Å². The molecule has 0 aliphatic carbocycles. The number of aliphatic carboxylic acids is 1. The van der Waals surface area contributed by atoms with Crippen molar-refractivity contribution >= 4 is 11.9 Å². The predicted molar refractivity (Wildman–Crippen MR) is 58.7 cm³/mol. The Morgan fingerprint density at radius 2 is 2.06 bits per heavy atom. The molecule has 92 valence electrons. The van der Waals surface area contributed by atoms with E-state index in [1.54, 1.807) is 13.8 Å². The van der Waals surface area contributed by atoms with Crippen LogP contribution in [-0.2, 0) is 9.59 Å². The number of hydrogen-bond acceptors (Lipinski definition) is 4. The van der Waals surface area contributed by atoms with Crippen LogP contribution in [0.1, 0.15) is 13.8 Å². The van der Waals surface area contributed by atoms with Gasteiger partial charge in [0.15, 0.2) is 0 Å². The Morgan fingerprint density at radius 3 is 2.44 bits per heavy atom. The first-order chi connectivity index (χ1) is 7.38. The zero-order chi connectivity index (χ0) is 12.7. The lowest BCUT2D eigenvalue weighted by atomic mass is 10.3. The zero-order valence-corrected chi connectivity index (χ0v) is 9.56. The summed E-state index contributed by atoms with van der Waals surface area (Å²) in [4.78, 5) is 22.9. The fourth-order valence-electron chi connectivity index (χ4n) is 1.07. The Morgan fingerprint density at radius 1 is 1.50 bits per heavy atom. The maximum atomic E-state index is 11.1. The molecule has 0 heterocycles. The van der Waals surface area contributed by atoms with E-state index in [9.17, 15) is 14.7 Å². The molecular formula is C10H18N2O4. The number of aliphatic hydroxyl groups excluding tert-OH is 1. The van der Waals surface area contributed by atoms with E-state index in [1.807, 2.05) is 0 Å². The van der Waals surface area contributed by atoms with Gasteiger partial charge in [0.05, 0.1) is 13.1 Å². The van der Waals surface area contributed by atoms with Crippen molar-refractivity contribution in [1.82, 2.24) is 10.2 Å². The number of nitrogens with zero attached hydrogens (tertiary/aromatic N) is 1. The minimum absolute atomic E-state index is 0.0210. The molecular weight excluding hydrogens is 212 g/mol. The number of carboxylic acids is 1. The van der Waals surface area contributed by atoms with E-state index in [0.29, 0.717) is 12.1 Å². The van der Waals surface area contributed by atoms with Gasteiger partial charge in [-0.1, -0.05) is 13.5 Å². The fourth-order valence-corrected chi connectivity index (χ4v) is 1.07. The number of hydrogen-bond donors (Lipinski definition) is 3. The van der Waals surface area contributed by atoms with Crippen molar-refractivity contribution in [1.29, 1.82) is 0 Å². The van der Waals surface area contributed by atoms with E-state index in [1.165, 1.54) is 4.90 Å². The van der Waals surface area contributed by atoms with Gasteiger partial charge in [-0.25, -0.2) is 0 Å². The number of nitrogens with one attached hydrogen (secondary N) is 1. The highest BCUT2D eigenvalue weighted by Crippen LogP contribution is 1.95. The normalized spacial score (nSPS) is 12.2. The molecule has 0 saturated carbocycles. The molecule has 0 saturated heterocycles. The smallest absolute Gasteiger partial charge is 0.317 e. The van der Waals surface area contributed by atoms with Crippen LogP contribution in [0.25, 0.3) is 0 Å². The molecule has 3 N–H and O–H groups in total. The summed E-state index contributed by atoms with van der Waals surface area (Å²) in [5.41, 5.74) is 0.341. The maximum Gasteiger partial charge on any atom is 0.317 e. The molecule has 0 fully saturated rings. The molecule has 0 aliphatic heterocycles. The first kappa shape index (κ1) is 14.6. The zero-order valence-electron chi connectivity index (χ0n) is 9.56. The lowest BCUT2D eigenvalue weighted by Crippen LogP contribution is -2.46. The monoisotopic (exact) mass is 230 g/mol. The topological polar surface area (TPSA) is 89.9 Å². The van der Waals surface area contributed by atoms with E-state index >= 15 is 0 Å². The summed E-state index contributed by atoms with van der Waals surface area (Å²) in [6, 6.07) is 0. The van der Waals surface area contributed by atoms with Crippen LogP contribution in [-0.4, -0.2) is 52.9 Å². The molecule has 1 atom stereocenters. The molecule has 0 aromatic rings. The van der Waals surface area contributed by atoms with Crippen LogP contribution in [0.5, 0.6) is 0 Å². The average Bonchev–Trinajstić information content (AvgIpc) is 2.21. The Kier molecular flexibility index (Phi) is 6.36. The SMILES string of the molecule is C=C(C)C(=O)NCC(O)N(CC)CC(=O)O. The summed E-state index contributed by atoms with van der Waals surface area (Å²) in [5, 5.41) is 20.6. The summed E-state index contributed by atoms with van der Waals surface area (Å²) in [7, 11) is 0. The van der Waals surface area contributed by atoms with Gasteiger partial charge in [0.1, 0.15) is 6.23 Å². The van der Waals surface area contributed by atoms with Crippen LogP contribution < -0.4 is 5.32 Å². The van der Waals surface area contributed by atoms with E-state index in [2.05, 4.69) is 11.9 Å². The van der Waals surface area contributed by atoms with Crippen molar-refractivity contribution in [3.05, 3.63) is 12.2 Å². The molecule has 0 aliphatic rings. The molecule has 0 spiro atoms. The van der Waals surface area contributed by atoms with Gasteiger partial charge in [0, 0.05) is 5.57 Å². The molecule has 1 unspecified atom stereocenters. The molecule has 0 aromatic carbocycles. The maximum absolute atomic E-state index is 11.1. The molecule has 0 radical (unpaired) electrons. The molecule has 6 heteroatoms. The third-order valence-electron chi connectivity index (χ3n) is 2.00. The van der Waals surface area contributed by atoms with Crippen LogP contribution in [0.2, 0.25) is 0 Å². The summed E-state index contributed by atoms with van der Waals surface area (Å²) in [6.07, 6.45) is -1.01. The van der Waals surface area contributed by atoms with Crippen LogP contribution in [0.4, 0.5) is 0 Å². The number of carbonyl (C=O) groups is 2. The largest absolute Gasteiger partial charge is 0.480 e. The Hall–Kier alpha value is -1.40. The molecule has 0 rings (SSSR count). The van der Waals surface area contributed by atoms with E-state index in [-0.39, 0.29) is 19.0 Å². The Balaban J connectivity index is 4.11. The predicted octanol–water partition coefficient (Wildman–Crippen LogP) is -0.596. The van der Waals surface area contributed by atoms with Gasteiger partial charge in [-0.3, -0.25) is 14.5 Å².